The molecule has 0 spiro atoms. The van der Waals surface area contributed by atoms with E-state index in [1.54, 1.807) is 6.07 Å². The second kappa shape index (κ2) is 9.75. The molecule has 4 nitrogen and oxygen atoms in total. The normalized spacial score (nSPS) is 25.9. The van der Waals surface area contributed by atoms with Crippen molar-refractivity contribution in [2.24, 2.45) is 23.2 Å². The monoisotopic (exact) mass is 545 g/mol. The van der Waals surface area contributed by atoms with Crippen LogP contribution >= 0.6 is 0 Å². The summed E-state index contributed by atoms with van der Waals surface area (Å²) in [4.78, 5) is 23.9. The lowest BCUT2D eigenvalue weighted by Crippen LogP contribution is -2.39. The molecule has 41 heavy (non-hydrogen) atoms. The van der Waals surface area contributed by atoms with Crippen molar-refractivity contribution in [3.05, 3.63) is 89.0 Å². The zero-order valence-electron chi connectivity index (χ0n) is 23.5. The lowest BCUT2D eigenvalue weighted by atomic mass is 9.57. The van der Waals surface area contributed by atoms with Gasteiger partial charge in [-0.25, -0.2) is 14.4 Å². The molecular formula is C36H36FN3O. The van der Waals surface area contributed by atoms with Crippen LogP contribution in [0.15, 0.2) is 60.7 Å². The van der Waals surface area contributed by atoms with Crippen molar-refractivity contribution in [2.45, 2.75) is 70.6 Å². The lowest BCUT2D eigenvalue weighted by Gasteiger charge is -2.48. The number of nitrogens with zero attached hydrogens (tertiary/aromatic N) is 2. The van der Waals surface area contributed by atoms with Crippen molar-refractivity contribution < 1.29 is 9.18 Å². The first kappa shape index (κ1) is 25.1. The van der Waals surface area contributed by atoms with E-state index in [4.69, 9.17) is 9.97 Å². The van der Waals surface area contributed by atoms with Crippen LogP contribution in [-0.2, 0) is 30.5 Å². The smallest absolute Gasteiger partial charge is 0.229 e. The first-order valence-corrected chi connectivity index (χ1v) is 15.4. The minimum absolute atomic E-state index is 0.0585. The fourth-order valence-electron chi connectivity index (χ4n) is 9.02. The SMILES string of the molecule is O=C(Cc1ccc2ccccc2c1)Nc1nc2c(nc1CC13CC4CCC(CC(C4)C1)C3)-c1ccc(F)cc1CC2. The van der Waals surface area contributed by atoms with E-state index in [1.165, 1.54) is 56.4 Å². The van der Waals surface area contributed by atoms with E-state index in [-0.39, 0.29) is 17.1 Å². The lowest BCUT2D eigenvalue weighted by molar-refractivity contribution is -0.115. The van der Waals surface area contributed by atoms with E-state index in [0.717, 1.165) is 69.8 Å². The van der Waals surface area contributed by atoms with E-state index >= 15 is 0 Å². The average Bonchev–Trinajstić information content (AvgIpc) is 3.17. The number of fused-ring (bicyclic) bond motifs is 5. The van der Waals surface area contributed by atoms with Crippen molar-refractivity contribution in [3.63, 3.8) is 0 Å². The highest BCUT2D eigenvalue weighted by molar-refractivity contribution is 5.93. The number of aromatic nitrogens is 2. The highest BCUT2D eigenvalue weighted by Crippen LogP contribution is 2.59. The van der Waals surface area contributed by atoms with Gasteiger partial charge in [0.25, 0.3) is 0 Å². The Hall–Kier alpha value is -3.60. The Morgan fingerprint density at radius 2 is 1.66 bits per heavy atom. The highest BCUT2D eigenvalue weighted by Gasteiger charge is 2.49. The maximum Gasteiger partial charge on any atom is 0.229 e. The number of carbonyl (C=O) groups excluding carboxylic acids is 1. The molecule has 5 aliphatic rings. The van der Waals surface area contributed by atoms with E-state index in [0.29, 0.717) is 18.7 Å². The highest BCUT2D eigenvalue weighted by atomic mass is 19.1. The summed E-state index contributed by atoms with van der Waals surface area (Å²) in [5.41, 5.74) is 5.90. The molecule has 4 aromatic rings. The zero-order valence-corrected chi connectivity index (χ0v) is 23.5. The molecule has 0 saturated heterocycles. The number of anilines is 1. The van der Waals surface area contributed by atoms with Gasteiger partial charge < -0.3 is 5.32 Å². The predicted molar refractivity (Wildman–Crippen MR) is 160 cm³/mol. The molecule has 208 valence electrons. The summed E-state index contributed by atoms with van der Waals surface area (Å²) >= 11 is 0. The van der Waals surface area contributed by atoms with Gasteiger partial charge in [-0.1, -0.05) is 55.3 Å². The van der Waals surface area contributed by atoms with E-state index in [2.05, 4.69) is 29.6 Å². The number of hydrogen-bond donors (Lipinski definition) is 1. The van der Waals surface area contributed by atoms with Gasteiger partial charge in [-0.05, 0) is 115 Å². The number of aryl methyl sites for hydroxylation is 2. The van der Waals surface area contributed by atoms with Gasteiger partial charge in [0.1, 0.15) is 5.82 Å². The van der Waals surface area contributed by atoms with Gasteiger partial charge in [-0.15, -0.1) is 0 Å². The minimum Gasteiger partial charge on any atom is -0.309 e. The third-order valence-electron chi connectivity index (χ3n) is 10.5. The fourth-order valence-corrected chi connectivity index (χ4v) is 9.02. The van der Waals surface area contributed by atoms with Crippen LogP contribution in [0.1, 0.15) is 67.5 Å². The predicted octanol–water partition coefficient (Wildman–Crippen LogP) is 7.86. The summed E-state index contributed by atoms with van der Waals surface area (Å²) in [6.45, 7) is 0. The summed E-state index contributed by atoms with van der Waals surface area (Å²) in [6, 6.07) is 19.5. The van der Waals surface area contributed by atoms with Gasteiger partial charge >= 0.3 is 0 Å². The molecule has 2 unspecified atom stereocenters. The van der Waals surface area contributed by atoms with Gasteiger partial charge in [-0.3, -0.25) is 4.79 Å². The van der Waals surface area contributed by atoms with Crippen molar-refractivity contribution in [1.82, 2.24) is 9.97 Å². The van der Waals surface area contributed by atoms with Crippen LogP contribution < -0.4 is 5.32 Å². The standard InChI is InChI=1S/C36H36FN3O/c37-29-10-11-30-28(17-29)9-12-31-34(30)38-32(21-36-18-23-5-6-24(19-36)14-25(13-23)20-36)35(39-31)40-33(41)16-22-7-8-26-3-1-2-4-27(26)15-22/h1-4,7-8,10-11,15,17,23-25H,5-6,9,12-14,16,18-21H2,(H,39,40,41). The summed E-state index contributed by atoms with van der Waals surface area (Å²) in [7, 11) is 0. The molecular weight excluding hydrogens is 509 g/mol. The molecule has 1 heterocycles. The molecule has 0 radical (unpaired) electrons. The summed E-state index contributed by atoms with van der Waals surface area (Å²) in [6.07, 6.45) is 11.9. The number of amides is 1. The van der Waals surface area contributed by atoms with E-state index in [9.17, 15) is 9.18 Å². The van der Waals surface area contributed by atoms with Gasteiger partial charge in [0.15, 0.2) is 5.82 Å². The number of carbonyl (C=O) groups is 1. The maximum atomic E-state index is 14.1. The topological polar surface area (TPSA) is 54.9 Å². The van der Waals surface area contributed by atoms with E-state index < -0.39 is 0 Å². The quantitative estimate of drug-likeness (QED) is 0.278. The second-order valence-electron chi connectivity index (χ2n) is 13.5. The number of halogens is 1. The Morgan fingerprint density at radius 3 is 2.49 bits per heavy atom. The minimum atomic E-state index is -0.206. The average molecular weight is 546 g/mol. The Bertz CT molecular complexity index is 1660. The number of benzene rings is 3. The molecule has 1 amide bonds. The third-order valence-corrected chi connectivity index (χ3v) is 10.5. The molecule has 4 saturated carbocycles. The Morgan fingerprint density at radius 1 is 0.878 bits per heavy atom. The van der Waals surface area contributed by atoms with Crippen molar-refractivity contribution in [2.75, 3.05) is 5.32 Å². The molecule has 4 fully saturated rings. The largest absolute Gasteiger partial charge is 0.309 e. The van der Waals surface area contributed by atoms with Crippen LogP contribution in [0.3, 0.4) is 0 Å². The van der Waals surface area contributed by atoms with Gasteiger partial charge in [-0.2, -0.15) is 0 Å². The molecule has 5 aliphatic carbocycles. The summed E-state index contributed by atoms with van der Waals surface area (Å²) in [5.74, 6) is 2.84. The molecule has 4 bridgehead atoms. The van der Waals surface area contributed by atoms with Crippen molar-refractivity contribution >= 4 is 22.5 Å². The maximum absolute atomic E-state index is 14.1. The van der Waals surface area contributed by atoms with Crippen molar-refractivity contribution in [3.8, 4) is 11.3 Å². The Balaban J connectivity index is 1.15. The molecule has 3 aromatic carbocycles. The van der Waals surface area contributed by atoms with Gasteiger partial charge in [0.2, 0.25) is 5.91 Å². The van der Waals surface area contributed by atoms with Crippen LogP contribution in [-0.4, -0.2) is 15.9 Å². The van der Waals surface area contributed by atoms with E-state index in [1.807, 2.05) is 24.3 Å². The van der Waals surface area contributed by atoms with Crippen LogP contribution in [0.2, 0.25) is 0 Å². The molecule has 2 atom stereocenters. The second-order valence-corrected chi connectivity index (χ2v) is 13.5. The molecule has 1 N–H and O–H groups in total. The molecule has 0 aliphatic heterocycles. The first-order valence-electron chi connectivity index (χ1n) is 15.4. The van der Waals surface area contributed by atoms with Crippen LogP contribution in [0.25, 0.3) is 22.0 Å². The third kappa shape index (κ3) is 4.73. The molecule has 9 rings (SSSR count). The van der Waals surface area contributed by atoms with Gasteiger partial charge in [0, 0.05) is 5.56 Å². The Labute approximate surface area is 240 Å². The Kier molecular flexibility index (Phi) is 5.98. The van der Waals surface area contributed by atoms with Crippen LogP contribution in [0.5, 0.6) is 0 Å². The van der Waals surface area contributed by atoms with Crippen LogP contribution in [0, 0.1) is 29.0 Å². The summed E-state index contributed by atoms with van der Waals surface area (Å²) < 4.78 is 14.1. The molecule has 5 heteroatoms. The number of nitrogens with one attached hydrogen (secondary N) is 1. The number of rotatable bonds is 5. The number of hydrogen-bond acceptors (Lipinski definition) is 3. The van der Waals surface area contributed by atoms with Crippen molar-refractivity contribution in [1.29, 1.82) is 0 Å². The van der Waals surface area contributed by atoms with Crippen LogP contribution in [0.4, 0.5) is 10.2 Å². The summed E-state index contributed by atoms with van der Waals surface area (Å²) in [5, 5.41) is 5.53. The first-order chi connectivity index (χ1) is 20.0. The van der Waals surface area contributed by atoms with Gasteiger partial charge in [0.05, 0.1) is 23.5 Å². The zero-order chi connectivity index (χ0) is 27.6. The fraction of sp³-hybridized carbons (Fsp3) is 0.417. The molecule has 1 aromatic heterocycles.